The predicted octanol–water partition coefficient (Wildman–Crippen LogP) is 3.35. The molecule has 22 heavy (non-hydrogen) atoms. The number of imidazole rings is 1. The molecule has 0 bridgehead atoms. The summed E-state index contributed by atoms with van der Waals surface area (Å²) in [6.45, 7) is 2.32. The highest BCUT2D eigenvalue weighted by molar-refractivity contribution is 9.09. The van der Waals surface area contributed by atoms with Crippen LogP contribution in [0, 0.1) is 17.8 Å². The van der Waals surface area contributed by atoms with Crippen molar-refractivity contribution < 1.29 is 0 Å². The van der Waals surface area contributed by atoms with Crippen LogP contribution in [0.1, 0.15) is 6.42 Å². The van der Waals surface area contributed by atoms with E-state index in [-0.39, 0.29) is 0 Å². The Kier molecular flexibility index (Phi) is 2.74. The normalized spacial score (nSPS) is 26.8. The number of nitrogens with zero attached hydrogens (tertiary/aromatic N) is 4. The maximum atomic E-state index is 4.79. The molecule has 5 rings (SSSR count). The lowest BCUT2D eigenvalue weighted by Gasteiger charge is -2.20. The second-order valence-corrected chi connectivity index (χ2v) is 7.22. The predicted molar refractivity (Wildman–Crippen MR) is 91.6 cm³/mol. The number of aromatic nitrogens is 3. The number of piperidine rings is 1. The van der Waals surface area contributed by atoms with Crippen LogP contribution in [0.3, 0.4) is 0 Å². The molecular weight excluding hydrogens is 340 g/mol. The smallest absolute Gasteiger partial charge is 0.236 e. The van der Waals surface area contributed by atoms with Crippen LogP contribution >= 0.6 is 15.9 Å². The number of rotatable bonds is 3. The van der Waals surface area contributed by atoms with Crippen molar-refractivity contribution in [3.05, 3.63) is 36.5 Å². The summed E-state index contributed by atoms with van der Waals surface area (Å²) in [5.74, 6) is 4.58. The van der Waals surface area contributed by atoms with Crippen molar-refractivity contribution in [2.24, 2.45) is 17.8 Å². The Balaban J connectivity index is 1.46. The van der Waals surface area contributed by atoms with E-state index >= 15 is 0 Å². The van der Waals surface area contributed by atoms with Gasteiger partial charge in [0.15, 0.2) is 0 Å². The number of hydrogen-bond acceptors (Lipinski definition) is 3. The van der Waals surface area contributed by atoms with Crippen LogP contribution in [0.15, 0.2) is 36.5 Å². The molecule has 112 valence electrons. The molecule has 2 fully saturated rings. The molecule has 3 aromatic rings. The summed E-state index contributed by atoms with van der Waals surface area (Å²) in [6.07, 6.45) is 3.42. The molecule has 0 unspecified atom stereocenters. The van der Waals surface area contributed by atoms with Gasteiger partial charge in [0.05, 0.1) is 11.0 Å². The number of halogens is 1. The van der Waals surface area contributed by atoms with Crippen LogP contribution in [-0.2, 0) is 0 Å². The first kappa shape index (κ1) is 12.9. The highest BCUT2D eigenvalue weighted by atomic mass is 79.9. The summed E-state index contributed by atoms with van der Waals surface area (Å²) in [7, 11) is 0. The highest BCUT2D eigenvalue weighted by Crippen LogP contribution is 2.54. The minimum absolute atomic E-state index is 0.802. The quantitative estimate of drug-likeness (QED) is 0.674. The molecule has 4 nitrogen and oxygen atoms in total. The van der Waals surface area contributed by atoms with Gasteiger partial charge < -0.3 is 4.90 Å². The molecule has 1 saturated heterocycles. The standard InChI is InChI=1S/C17H17BrN4/c18-7-5-11-12-9-21(10-13(11)12)16-6-8-22-15-4-2-1-3-14(15)19-17(22)20-16/h1-4,6,8,11-13H,5,7,9-10H2/t11-,12-,13+. The number of para-hydroxylation sites is 2. The molecule has 1 aromatic carbocycles. The van der Waals surface area contributed by atoms with Gasteiger partial charge in [0.25, 0.3) is 0 Å². The Bertz CT molecular complexity index is 846. The molecule has 0 radical (unpaired) electrons. The largest absolute Gasteiger partial charge is 0.356 e. The first-order valence-corrected chi connectivity index (χ1v) is 9.02. The van der Waals surface area contributed by atoms with E-state index in [2.05, 4.69) is 48.5 Å². The Hall–Kier alpha value is -1.62. The number of hydrogen-bond donors (Lipinski definition) is 0. The monoisotopic (exact) mass is 356 g/mol. The molecule has 5 heteroatoms. The maximum Gasteiger partial charge on any atom is 0.236 e. The van der Waals surface area contributed by atoms with E-state index in [1.165, 1.54) is 6.42 Å². The van der Waals surface area contributed by atoms with E-state index in [1.807, 2.05) is 18.2 Å². The van der Waals surface area contributed by atoms with Crippen molar-refractivity contribution >= 4 is 38.6 Å². The van der Waals surface area contributed by atoms with Gasteiger partial charge in [-0.25, -0.2) is 4.98 Å². The lowest BCUT2D eigenvalue weighted by molar-refractivity contribution is 0.624. The third-order valence-corrected chi connectivity index (χ3v) is 5.76. The first-order valence-electron chi connectivity index (χ1n) is 7.90. The summed E-state index contributed by atoms with van der Waals surface area (Å²) in [6, 6.07) is 10.3. The molecule has 0 spiro atoms. The Labute approximate surface area is 137 Å². The molecule has 3 atom stereocenters. The molecule has 0 amide bonds. The summed E-state index contributed by atoms with van der Waals surface area (Å²) in [4.78, 5) is 11.9. The molecule has 2 aliphatic rings. The van der Waals surface area contributed by atoms with Crippen molar-refractivity contribution in [2.75, 3.05) is 23.3 Å². The van der Waals surface area contributed by atoms with Gasteiger partial charge in [0.1, 0.15) is 5.82 Å². The molecule has 2 aromatic heterocycles. The van der Waals surface area contributed by atoms with Gasteiger partial charge in [0.2, 0.25) is 5.78 Å². The zero-order valence-electron chi connectivity index (χ0n) is 12.2. The van der Waals surface area contributed by atoms with Gasteiger partial charge >= 0.3 is 0 Å². The van der Waals surface area contributed by atoms with Crippen LogP contribution in [0.4, 0.5) is 5.82 Å². The Morgan fingerprint density at radius 3 is 2.73 bits per heavy atom. The molecular formula is C17H17BrN4. The molecule has 1 aliphatic carbocycles. The van der Waals surface area contributed by atoms with Gasteiger partial charge in [-0.1, -0.05) is 28.1 Å². The van der Waals surface area contributed by atoms with Gasteiger partial charge in [0, 0.05) is 24.6 Å². The van der Waals surface area contributed by atoms with E-state index in [0.29, 0.717) is 0 Å². The zero-order valence-corrected chi connectivity index (χ0v) is 13.8. The van der Waals surface area contributed by atoms with Crippen molar-refractivity contribution in [3.63, 3.8) is 0 Å². The SMILES string of the molecule is BrCC[C@@H]1[C@H]2CN(c3ccn4c(n3)nc3ccccc34)C[C@@H]12. The maximum absolute atomic E-state index is 4.79. The average Bonchev–Trinajstić information content (AvgIpc) is 2.93. The summed E-state index contributed by atoms with van der Waals surface area (Å²) in [5.41, 5.74) is 2.13. The fourth-order valence-corrected chi connectivity index (χ4v) is 4.63. The van der Waals surface area contributed by atoms with Crippen LogP contribution in [-0.4, -0.2) is 32.8 Å². The highest BCUT2D eigenvalue weighted by Gasteiger charge is 2.54. The second-order valence-electron chi connectivity index (χ2n) is 6.43. The fraction of sp³-hybridized carbons (Fsp3) is 0.412. The van der Waals surface area contributed by atoms with Crippen molar-refractivity contribution in [2.45, 2.75) is 6.42 Å². The number of alkyl halides is 1. The number of fused-ring (bicyclic) bond motifs is 4. The molecule has 1 saturated carbocycles. The van der Waals surface area contributed by atoms with Gasteiger partial charge in [-0.15, -0.1) is 0 Å². The molecule has 3 heterocycles. The van der Waals surface area contributed by atoms with E-state index in [4.69, 9.17) is 4.98 Å². The summed E-state index contributed by atoms with van der Waals surface area (Å²) in [5, 5.41) is 1.13. The Morgan fingerprint density at radius 1 is 1.09 bits per heavy atom. The van der Waals surface area contributed by atoms with E-state index in [9.17, 15) is 0 Å². The second kappa shape index (κ2) is 4.69. The lowest BCUT2D eigenvalue weighted by Crippen LogP contribution is -2.25. The minimum atomic E-state index is 0.802. The van der Waals surface area contributed by atoms with Crippen molar-refractivity contribution in [3.8, 4) is 0 Å². The van der Waals surface area contributed by atoms with Crippen LogP contribution < -0.4 is 4.90 Å². The van der Waals surface area contributed by atoms with Crippen LogP contribution in [0.2, 0.25) is 0 Å². The van der Waals surface area contributed by atoms with Gasteiger partial charge in [-0.05, 0) is 42.4 Å². The van der Waals surface area contributed by atoms with Crippen LogP contribution in [0.25, 0.3) is 16.8 Å². The Morgan fingerprint density at radius 2 is 1.91 bits per heavy atom. The number of anilines is 1. The summed E-state index contributed by atoms with van der Waals surface area (Å²) >= 11 is 3.57. The minimum Gasteiger partial charge on any atom is -0.356 e. The number of benzene rings is 1. The zero-order chi connectivity index (χ0) is 14.7. The van der Waals surface area contributed by atoms with E-state index < -0.39 is 0 Å². The fourth-order valence-electron chi connectivity index (χ4n) is 4.11. The van der Waals surface area contributed by atoms with Crippen molar-refractivity contribution in [1.29, 1.82) is 0 Å². The third kappa shape index (κ3) is 1.81. The van der Waals surface area contributed by atoms with Gasteiger partial charge in [-0.2, -0.15) is 4.98 Å². The summed E-state index contributed by atoms with van der Waals surface area (Å²) < 4.78 is 2.07. The first-order chi connectivity index (χ1) is 10.8. The average molecular weight is 357 g/mol. The van der Waals surface area contributed by atoms with Crippen molar-refractivity contribution in [1.82, 2.24) is 14.4 Å². The van der Waals surface area contributed by atoms with Gasteiger partial charge in [-0.3, -0.25) is 4.40 Å². The van der Waals surface area contributed by atoms with E-state index in [0.717, 1.165) is 58.8 Å². The third-order valence-electron chi connectivity index (χ3n) is 5.30. The van der Waals surface area contributed by atoms with E-state index in [1.54, 1.807) is 0 Å². The van der Waals surface area contributed by atoms with Crippen LogP contribution in [0.5, 0.6) is 0 Å². The molecule has 0 N–H and O–H groups in total. The molecule has 1 aliphatic heterocycles. The topological polar surface area (TPSA) is 33.4 Å². The lowest BCUT2D eigenvalue weighted by atomic mass is 10.2.